The minimum Gasteiger partial charge on any atom is -0.452 e. The highest BCUT2D eigenvalue weighted by atomic mass is 19.1. The molecular formula is C15H19FN2O4. The maximum atomic E-state index is 12.8. The summed E-state index contributed by atoms with van der Waals surface area (Å²) in [6.45, 7) is 3.36. The zero-order valence-corrected chi connectivity index (χ0v) is 12.5. The first-order valence-electron chi connectivity index (χ1n) is 6.84. The lowest BCUT2D eigenvalue weighted by Crippen LogP contribution is -2.45. The van der Waals surface area contributed by atoms with Crippen LogP contribution in [0.4, 0.5) is 9.18 Å². The molecule has 0 saturated carbocycles. The fourth-order valence-electron chi connectivity index (χ4n) is 1.78. The van der Waals surface area contributed by atoms with Gasteiger partial charge in [0, 0.05) is 6.42 Å². The number of ether oxygens (including phenoxy) is 1. The van der Waals surface area contributed by atoms with Gasteiger partial charge in [0.05, 0.1) is 0 Å². The number of imide groups is 1. The van der Waals surface area contributed by atoms with Gasteiger partial charge in [0.1, 0.15) is 5.82 Å². The standard InChI is InChI=1S/C15H19FN2O4/c1-9(2)13(14(20)18-15(17)21)22-12(19)8-5-10-3-6-11(16)7-4-10/h3-4,6-7,9,13H,5,8H2,1-2H3,(H3,17,18,20,21)/t13-/m1/s1. The maximum Gasteiger partial charge on any atom is 0.318 e. The van der Waals surface area contributed by atoms with Crippen molar-refractivity contribution in [3.05, 3.63) is 35.6 Å². The Hall–Kier alpha value is -2.44. The molecule has 0 aliphatic rings. The molecule has 0 aliphatic carbocycles. The molecule has 0 saturated heterocycles. The van der Waals surface area contributed by atoms with E-state index in [1.807, 2.05) is 5.32 Å². The number of amides is 3. The molecular weight excluding hydrogens is 291 g/mol. The number of urea groups is 1. The third-order valence-corrected chi connectivity index (χ3v) is 2.90. The normalized spacial score (nSPS) is 11.8. The summed E-state index contributed by atoms with van der Waals surface area (Å²) < 4.78 is 17.9. The van der Waals surface area contributed by atoms with Gasteiger partial charge in [0.25, 0.3) is 5.91 Å². The largest absolute Gasteiger partial charge is 0.452 e. The van der Waals surface area contributed by atoms with Crippen LogP contribution in [0.25, 0.3) is 0 Å². The second kappa shape index (κ2) is 8.11. The Balaban J connectivity index is 2.54. The Kier molecular flexibility index (Phi) is 6.49. The molecule has 0 radical (unpaired) electrons. The quantitative estimate of drug-likeness (QED) is 0.778. The summed E-state index contributed by atoms with van der Waals surface area (Å²) in [7, 11) is 0. The molecule has 1 atom stereocenters. The van der Waals surface area contributed by atoms with Gasteiger partial charge in [-0.1, -0.05) is 26.0 Å². The number of hydrogen-bond acceptors (Lipinski definition) is 4. The topological polar surface area (TPSA) is 98.5 Å². The lowest BCUT2D eigenvalue weighted by Gasteiger charge is -2.19. The van der Waals surface area contributed by atoms with Gasteiger partial charge in [-0.05, 0) is 30.0 Å². The summed E-state index contributed by atoms with van der Waals surface area (Å²) in [6.07, 6.45) is -0.687. The number of esters is 1. The second-order valence-electron chi connectivity index (χ2n) is 5.13. The molecule has 0 bridgehead atoms. The molecule has 3 amide bonds. The molecule has 0 heterocycles. The van der Waals surface area contributed by atoms with Gasteiger partial charge >= 0.3 is 12.0 Å². The number of halogens is 1. The van der Waals surface area contributed by atoms with E-state index >= 15 is 0 Å². The van der Waals surface area contributed by atoms with Crippen LogP contribution in [0.15, 0.2) is 24.3 Å². The van der Waals surface area contributed by atoms with Crippen molar-refractivity contribution in [1.82, 2.24) is 5.32 Å². The van der Waals surface area contributed by atoms with Crippen LogP contribution in [0.2, 0.25) is 0 Å². The zero-order valence-electron chi connectivity index (χ0n) is 12.5. The summed E-state index contributed by atoms with van der Waals surface area (Å²) in [5.41, 5.74) is 5.65. The Morgan fingerprint density at radius 2 is 1.82 bits per heavy atom. The number of nitrogens with one attached hydrogen (secondary N) is 1. The average molecular weight is 310 g/mol. The molecule has 6 nitrogen and oxygen atoms in total. The Bertz CT molecular complexity index is 543. The van der Waals surface area contributed by atoms with Crippen molar-refractivity contribution in [2.45, 2.75) is 32.8 Å². The second-order valence-corrected chi connectivity index (χ2v) is 5.13. The highest BCUT2D eigenvalue weighted by Crippen LogP contribution is 2.11. The van der Waals surface area contributed by atoms with Gasteiger partial charge in [0.15, 0.2) is 6.10 Å². The van der Waals surface area contributed by atoms with Crippen molar-refractivity contribution in [2.24, 2.45) is 11.7 Å². The summed E-state index contributed by atoms with van der Waals surface area (Å²) >= 11 is 0. The minimum absolute atomic E-state index is 0.0404. The van der Waals surface area contributed by atoms with Crippen LogP contribution in [0, 0.1) is 11.7 Å². The van der Waals surface area contributed by atoms with E-state index < -0.39 is 24.0 Å². The van der Waals surface area contributed by atoms with Crippen LogP contribution >= 0.6 is 0 Å². The smallest absolute Gasteiger partial charge is 0.318 e. The van der Waals surface area contributed by atoms with E-state index in [1.165, 1.54) is 12.1 Å². The molecule has 0 unspecified atom stereocenters. The van der Waals surface area contributed by atoms with Gasteiger partial charge in [-0.15, -0.1) is 0 Å². The predicted molar refractivity (Wildman–Crippen MR) is 77.2 cm³/mol. The molecule has 0 aromatic heterocycles. The van der Waals surface area contributed by atoms with Crippen LogP contribution in [-0.2, 0) is 20.7 Å². The molecule has 1 rings (SSSR count). The Morgan fingerprint density at radius 1 is 1.23 bits per heavy atom. The lowest BCUT2D eigenvalue weighted by molar-refractivity contribution is -0.158. The van der Waals surface area contributed by atoms with Gasteiger partial charge < -0.3 is 10.5 Å². The van der Waals surface area contributed by atoms with Crippen LogP contribution in [0.1, 0.15) is 25.8 Å². The van der Waals surface area contributed by atoms with Crippen molar-refractivity contribution in [2.75, 3.05) is 0 Å². The van der Waals surface area contributed by atoms with Crippen molar-refractivity contribution in [1.29, 1.82) is 0 Å². The molecule has 1 aromatic rings. The minimum atomic E-state index is -1.09. The lowest BCUT2D eigenvalue weighted by atomic mass is 10.1. The molecule has 1 aromatic carbocycles. The van der Waals surface area contributed by atoms with E-state index in [2.05, 4.69) is 0 Å². The fraction of sp³-hybridized carbons (Fsp3) is 0.400. The summed E-state index contributed by atoms with van der Waals surface area (Å²) in [5.74, 6) is -2.00. The molecule has 22 heavy (non-hydrogen) atoms. The molecule has 0 spiro atoms. The molecule has 3 N–H and O–H groups in total. The van der Waals surface area contributed by atoms with Crippen LogP contribution in [0.3, 0.4) is 0 Å². The zero-order chi connectivity index (χ0) is 16.7. The van der Waals surface area contributed by atoms with E-state index in [0.717, 1.165) is 5.56 Å². The third-order valence-electron chi connectivity index (χ3n) is 2.90. The van der Waals surface area contributed by atoms with Crippen molar-refractivity contribution in [3.63, 3.8) is 0 Å². The number of carbonyl (C=O) groups is 3. The van der Waals surface area contributed by atoms with Gasteiger partial charge in [-0.25, -0.2) is 9.18 Å². The number of carbonyl (C=O) groups excluding carboxylic acids is 3. The number of hydrogen-bond donors (Lipinski definition) is 2. The first-order chi connectivity index (χ1) is 10.3. The van der Waals surface area contributed by atoms with Crippen molar-refractivity contribution < 1.29 is 23.5 Å². The Morgan fingerprint density at radius 3 is 2.32 bits per heavy atom. The van der Waals surface area contributed by atoms with E-state index in [4.69, 9.17) is 10.5 Å². The summed E-state index contributed by atoms with van der Waals surface area (Å²) in [5, 5.41) is 1.89. The SMILES string of the molecule is CC(C)[C@@H](OC(=O)CCc1ccc(F)cc1)C(=O)NC(N)=O. The van der Waals surface area contributed by atoms with Crippen molar-refractivity contribution in [3.8, 4) is 0 Å². The molecule has 0 aliphatic heterocycles. The highest BCUT2D eigenvalue weighted by Gasteiger charge is 2.27. The Labute approximate surface area is 127 Å². The van der Waals surface area contributed by atoms with Gasteiger partial charge in [0.2, 0.25) is 0 Å². The predicted octanol–water partition coefficient (Wildman–Crippen LogP) is 1.52. The number of aryl methyl sites for hydroxylation is 1. The first kappa shape index (κ1) is 17.6. The average Bonchev–Trinajstić information content (AvgIpc) is 2.43. The van der Waals surface area contributed by atoms with Gasteiger partial charge in [-0.2, -0.15) is 0 Å². The fourth-order valence-corrected chi connectivity index (χ4v) is 1.78. The molecule has 7 heteroatoms. The van der Waals surface area contributed by atoms with E-state index in [1.54, 1.807) is 26.0 Å². The maximum absolute atomic E-state index is 12.8. The van der Waals surface area contributed by atoms with E-state index in [9.17, 15) is 18.8 Å². The molecule has 0 fully saturated rings. The van der Waals surface area contributed by atoms with E-state index in [0.29, 0.717) is 6.42 Å². The van der Waals surface area contributed by atoms with Gasteiger partial charge in [-0.3, -0.25) is 14.9 Å². The number of benzene rings is 1. The van der Waals surface area contributed by atoms with Crippen LogP contribution < -0.4 is 11.1 Å². The number of nitrogens with two attached hydrogens (primary N) is 1. The number of rotatable bonds is 6. The van der Waals surface area contributed by atoms with Crippen LogP contribution in [-0.4, -0.2) is 24.0 Å². The highest BCUT2D eigenvalue weighted by molar-refractivity contribution is 5.96. The molecule has 120 valence electrons. The number of primary amides is 1. The van der Waals surface area contributed by atoms with Crippen LogP contribution in [0.5, 0.6) is 0 Å². The monoisotopic (exact) mass is 310 g/mol. The third kappa shape index (κ3) is 5.90. The summed E-state index contributed by atoms with van der Waals surface area (Å²) in [6, 6.07) is 4.75. The summed E-state index contributed by atoms with van der Waals surface area (Å²) in [4.78, 5) is 34.2. The van der Waals surface area contributed by atoms with E-state index in [-0.39, 0.29) is 18.2 Å². The van der Waals surface area contributed by atoms with Crippen molar-refractivity contribution >= 4 is 17.9 Å². The first-order valence-corrected chi connectivity index (χ1v) is 6.84.